The molecule has 17 heavy (non-hydrogen) atoms. The van der Waals surface area contributed by atoms with E-state index in [0.29, 0.717) is 24.3 Å². The molecule has 1 unspecified atom stereocenters. The van der Waals surface area contributed by atoms with Crippen LogP contribution in [0.25, 0.3) is 0 Å². The zero-order chi connectivity index (χ0) is 12.4. The first-order valence-electron chi connectivity index (χ1n) is 6.07. The summed E-state index contributed by atoms with van der Waals surface area (Å²) in [7, 11) is 0. The van der Waals surface area contributed by atoms with E-state index >= 15 is 0 Å². The number of nitrogens with zero attached hydrogens (tertiary/aromatic N) is 1. The molecule has 0 radical (unpaired) electrons. The van der Waals surface area contributed by atoms with Crippen LogP contribution in [0, 0.1) is 11.8 Å². The van der Waals surface area contributed by atoms with Gasteiger partial charge in [-0.05, 0) is 23.3 Å². The van der Waals surface area contributed by atoms with Crippen molar-refractivity contribution in [3.63, 3.8) is 0 Å². The lowest BCUT2D eigenvalue weighted by atomic mass is 9.90. The number of hydrogen-bond donors (Lipinski definition) is 1. The molecule has 94 valence electrons. The molecule has 0 saturated carbocycles. The maximum absolute atomic E-state index is 10.6. The Kier molecular flexibility index (Phi) is 3.84. The third-order valence-electron chi connectivity index (χ3n) is 3.31. The average Bonchev–Trinajstić information content (AvgIpc) is 2.66. The van der Waals surface area contributed by atoms with Crippen LogP contribution in [0.3, 0.4) is 0 Å². The van der Waals surface area contributed by atoms with E-state index in [9.17, 15) is 4.79 Å². The fourth-order valence-corrected chi connectivity index (χ4v) is 3.63. The van der Waals surface area contributed by atoms with Crippen molar-refractivity contribution in [2.24, 2.45) is 11.8 Å². The van der Waals surface area contributed by atoms with Gasteiger partial charge >= 0.3 is 5.97 Å². The molecule has 1 saturated heterocycles. The Balaban J connectivity index is 1.95. The summed E-state index contributed by atoms with van der Waals surface area (Å²) in [6.45, 7) is 6.31. The molecule has 0 aliphatic carbocycles. The zero-order valence-corrected chi connectivity index (χ0v) is 11.1. The quantitative estimate of drug-likeness (QED) is 0.877. The minimum Gasteiger partial charge on any atom is -0.481 e. The molecule has 0 aromatic carbocycles. The molecule has 3 nitrogen and oxygen atoms in total. The van der Waals surface area contributed by atoms with E-state index in [-0.39, 0.29) is 0 Å². The van der Waals surface area contributed by atoms with Crippen LogP contribution >= 0.6 is 11.3 Å². The summed E-state index contributed by atoms with van der Waals surface area (Å²) >= 11 is 1.79. The topological polar surface area (TPSA) is 40.5 Å². The second-order valence-corrected chi connectivity index (χ2v) is 6.10. The van der Waals surface area contributed by atoms with Gasteiger partial charge in [-0.3, -0.25) is 9.69 Å². The highest BCUT2D eigenvalue weighted by molar-refractivity contribution is 7.10. The van der Waals surface area contributed by atoms with Gasteiger partial charge in [0.1, 0.15) is 0 Å². The summed E-state index contributed by atoms with van der Waals surface area (Å²) in [5.41, 5.74) is 0. The van der Waals surface area contributed by atoms with Crippen molar-refractivity contribution >= 4 is 17.3 Å². The molecule has 2 heterocycles. The lowest BCUT2D eigenvalue weighted by molar-refractivity contribution is -0.140. The zero-order valence-electron chi connectivity index (χ0n) is 10.3. The molecule has 1 aliphatic heterocycles. The van der Waals surface area contributed by atoms with E-state index in [1.807, 2.05) is 0 Å². The summed E-state index contributed by atoms with van der Waals surface area (Å²) in [5, 5.41) is 10.9. The van der Waals surface area contributed by atoms with Crippen LogP contribution in [0.1, 0.15) is 31.2 Å². The van der Waals surface area contributed by atoms with E-state index in [1.54, 1.807) is 11.3 Å². The Hall–Kier alpha value is -0.870. The van der Waals surface area contributed by atoms with E-state index in [1.165, 1.54) is 4.88 Å². The van der Waals surface area contributed by atoms with Crippen molar-refractivity contribution in [1.82, 2.24) is 4.90 Å². The fourth-order valence-electron chi connectivity index (χ4n) is 2.60. The highest BCUT2D eigenvalue weighted by Gasteiger charge is 2.35. The molecule has 4 heteroatoms. The standard InChI is InChI=1S/C13H19NO2S/c1-9(2)13(11-4-3-5-17-11)14-7-10(8-14)6-12(15)16/h3-5,9-10,13H,6-8H2,1-2H3,(H,15,16). The molecule has 1 fully saturated rings. The number of carboxylic acid groups (broad SMARTS) is 1. The largest absolute Gasteiger partial charge is 0.481 e. The van der Waals surface area contributed by atoms with Gasteiger partial charge in [-0.1, -0.05) is 19.9 Å². The molecule has 0 amide bonds. The van der Waals surface area contributed by atoms with Crippen LogP contribution in [-0.4, -0.2) is 29.1 Å². The van der Waals surface area contributed by atoms with Crippen molar-refractivity contribution in [3.05, 3.63) is 22.4 Å². The normalized spacial score (nSPS) is 19.2. The monoisotopic (exact) mass is 253 g/mol. The molecule has 1 aromatic heterocycles. The Morgan fingerprint density at radius 1 is 1.59 bits per heavy atom. The lowest BCUT2D eigenvalue weighted by Gasteiger charge is -2.45. The van der Waals surface area contributed by atoms with Gasteiger partial charge in [0.2, 0.25) is 0 Å². The molecular weight excluding hydrogens is 234 g/mol. The number of thiophene rings is 1. The smallest absolute Gasteiger partial charge is 0.303 e. The van der Waals surface area contributed by atoms with Gasteiger partial charge in [0.15, 0.2) is 0 Å². The minimum absolute atomic E-state index is 0.311. The van der Waals surface area contributed by atoms with Gasteiger partial charge in [0.25, 0.3) is 0 Å². The average molecular weight is 253 g/mol. The molecule has 1 aliphatic rings. The van der Waals surface area contributed by atoms with Crippen LogP contribution < -0.4 is 0 Å². The minimum atomic E-state index is -0.674. The van der Waals surface area contributed by atoms with Crippen molar-refractivity contribution in [2.45, 2.75) is 26.3 Å². The van der Waals surface area contributed by atoms with Crippen LogP contribution in [-0.2, 0) is 4.79 Å². The van der Waals surface area contributed by atoms with Crippen LogP contribution in [0.2, 0.25) is 0 Å². The Labute approximate surface area is 106 Å². The van der Waals surface area contributed by atoms with Gasteiger partial charge in [-0.15, -0.1) is 11.3 Å². The first kappa shape index (κ1) is 12.6. The molecular formula is C13H19NO2S. The molecule has 2 rings (SSSR count). The summed E-state index contributed by atoms with van der Waals surface area (Å²) in [6, 6.07) is 4.73. The number of likely N-dealkylation sites (tertiary alicyclic amines) is 1. The van der Waals surface area contributed by atoms with Crippen LogP contribution in [0.15, 0.2) is 17.5 Å². The maximum Gasteiger partial charge on any atom is 0.303 e. The number of carbonyl (C=O) groups is 1. The van der Waals surface area contributed by atoms with E-state index < -0.39 is 5.97 Å². The second-order valence-electron chi connectivity index (χ2n) is 5.12. The fraction of sp³-hybridized carbons (Fsp3) is 0.615. The molecule has 1 aromatic rings. The van der Waals surface area contributed by atoms with Crippen molar-refractivity contribution in [3.8, 4) is 0 Å². The highest BCUT2D eigenvalue weighted by atomic mass is 32.1. The van der Waals surface area contributed by atoms with Gasteiger partial charge in [-0.2, -0.15) is 0 Å². The number of rotatable bonds is 5. The van der Waals surface area contributed by atoms with E-state index in [2.05, 4.69) is 36.3 Å². The highest BCUT2D eigenvalue weighted by Crippen LogP contribution is 2.37. The molecule has 1 atom stereocenters. The Bertz CT molecular complexity index is 369. The predicted octanol–water partition coefficient (Wildman–Crippen LogP) is 2.85. The van der Waals surface area contributed by atoms with Crippen LogP contribution in [0.5, 0.6) is 0 Å². The van der Waals surface area contributed by atoms with Crippen molar-refractivity contribution in [2.75, 3.05) is 13.1 Å². The Morgan fingerprint density at radius 3 is 2.76 bits per heavy atom. The van der Waals surface area contributed by atoms with Gasteiger partial charge in [0, 0.05) is 24.0 Å². The summed E-state index contributed by atoms with van der Waals surface area (Å²) < 4.78 is 0. The van der Waals surface area contributed by atoms with E-state index in [4.69, 9.17) is 5.11 Å². The molecule has 1 N–H and O–H groups in total. The van der Waals surface area contributed by atoms with Crippen LogP contribution in [0.4, 0.5) is 0 Å². The molecule has 0 bridgehead atoms. The maximum atomic E-state index is 10.6. The van der Waals surface area contributed by atoms with Crippen molar-refractivity contribution in [1.29, 1.82) is 0 Å². The second kappa shape index (κ2) is 5.19. The lowest BCUT2D eigenvalue weighted by Crippen LogP contribution is -2.50. The first-order chi connectivity index (χ1) is 8.08. The number of carboxylic acids is 1. The van der Waals surface area contributed by atoms with Gasteiger partial charge < -0.3 is 5.11 Å². The van der Waals surface area contributed by atoms with Gasteiger partial charge in [0.05, 0.1) is 6.42 Å². The van der Waals surface area contributed by atoms with Gasteiger partial charge in [-0.25, -0.2) is 0 Å². The third-order valence-corrected chi connectivity index (χ3v) is 4.25. The summed E-state index contributed by atoms with van der Waals surface area (Å²) in [4.78, 5) is 14.4. The molecule has 0 spiro atoms. The predicted molar refractivity (Wildman–Crippen MR) is 69.2 cm³/mol. The Morgan fingerprint density at radius 2 is 2.29 bits per heavy atom. The van der Waals surface area contributed by atoms with Crippen molar-refractivity contribution < 1.29 is 9.90 Å². The summed E-state index contributed by atoms with van der Waals surface area (Å²) in [6.07, 6.45) is 0.311. The summed E-state index contributed by atoms with van der Waals surface area (Å²) in [5.74, 6) is 0.236. The third kappa shape index (κ3) is 2.87. The first-order valence-corrected chi connectivity index (χ1v) is 6.95. The number of hydrogen-bond acceptors (Lipinski definition) is 3. The SMILES string of the molecule is CC(C)C(c1cccs1)N1CC(CC(=O)O)C1. The number of aliphatic carboxylic acids is 1. The van der Waals surface area contributed by atoms with E-state index in [0.717, 1.165) is 13.1 Å².